The molecule has 0 amide bonds. The number of halogens is 1. The average Bonchev–Trinajstić information content (AvgIpc) is 2.16. The number of benzene rings is 1. The molecule has 1 rings (SSSR count). The van der Waals surface area contributed by atoms with Crippen LogP contribution < -0.4 is 5.73 Å². The van der Waals surface area contributed by atoms with Crippen molar-refractivity contribution in [3.63, 3.8) is 0 Å². The van der Waals surface area contributed by atoms with Gasteiger partial charge in [0.25, 0.3) is 0 Å². The van der Waals surface area contributed by atoms with E-state index in [1.165, 1.54) is 0 Å². The van der Waals surface area contributed by atoms with E-state index in [1.54, 1.807) is 12.1 Å². The van der Waals surface area contributed by atoms with Crippen LogP contribution in [-0.4, -0.2) is 11.1 Å². The first-order valence-electron chi connectivity index (χ1n) is 4.72. The van der Waals surface area contributed by atoms with Gasteiger partial charge < -0.3 is 10.8 Å². The van der Waals surface area contributed by atoms with Crippen molar-refractivity contribution in [2.45, 2.75) is 26.0 Å². The lowest BCUT2D eigenvalue weighted by Gasteiger charge is -2.23. The highest BCUT2D eigenvalue weighted by molar-refractivity contribution is 6.31. The third-order valence-corrected chi connectivity index (χ3v) is 2.70. The molecule has 0 spiro atoms. The fourth-order valence-electron chi connectivity index (χ4n) is 1.29. The van der Waals surface area contributed by atoms with Crippen LogP contribution in [0.15, 0.2) is 24.3 Å². The second-order valence-corrected chi connectivity index (χ2v) is 4.19. The largest absolute Gasteiger partial charge is 0.387 e. The number of rotatable bonds is 3. The van der Waals surface area contributed by atoms with E-state index in [-0.39, 0.29) is 12.0 Å². The van der Waals surface area contributed by atoms with Crippen LogP contribution in [0.5, 0.6) is 0 Å². The van der Waals surface area contributed by atoms with Crippen LogP contribution in [0.2, 0.25) is 5.02 Å². The predicted octanol–water partition coefficient (Wildman–Crippen LogP) is 2.36. The molecule has 1 aromatic rings. The molecule has 0 saturated carbocycles. The number of aliphatic hydroxyl groups is 1. The molecule has 2 atom stereocenters. The van der Waals surface area contributed by atoms with Gasteiger partial charge in [-0.15, -0.1) is 0 Å². The van der Waals surface area contributed by atoms with Crippen LogP contribution in [0.4, 0.5) is 0 Å². The summed E-state index contributed by atoms with van der Waals surface area (Å²) in [4.78, 5) is 0. The monoisotopic (exact) mass is 213 g/mol. The summed E-state index contributed by atoms with van der Waals surface area (Å²) in [7, 11) is 0. The molecule has 78 valence electrons. The van der Waals surface area contributed by atoms with Gasteiger partial charge in [-0.2, -0.15) is 0 Å². The van der Waals surface area contributed by atoms with Crippen LogP contribution in [0.25, 0.3) is 0 Å². The van der Waals surface area contributed by atoms with Crippen molar-refractivity contribution in [3.05, 3.63) is 34.9 Å². The van der Waals surface area contributed by atoms with Gasteiger partial charge in [-0.3, -0.25) is 0 Å². The lowest BCUT2D eigenvalue weighted by atomic mass is 9.94. The Morgan fingerprint density at radius 1 is 1.29 bits per heavy atom. The van der Waals surface area contributed by atoms with E-state index in [9.17, 15) is 5.11 Å². The van der Waals surface area contributed by atoms with Crippen molar-refractivity contribution in [3.8, 4) is 0 Å². The van der Waals surface area contributed by atoms with Crippen molar-refractivity contribution < 1.29 is 5.11 Å². The van der Waals surface area contributed by atoms with E-state index >= 15 is 0 Å². The van der Waals surface area contributed by atoms with Gasteiger partial charge >= 0.3 is 0 Å². The lowest BCUT2D eigenvalue weighted by molar-refractivity contribution is 0.126. The Bertz CT molecular complexity index is 301. The van der Waals surface area contributed by atoms with Crippen molar-refractivity contribution in [1.82, 2.24) is 0 Å². The van der Waals surface area contributed by atoms with E-state index in [0.29, 0.717) is 10.6 Å². The van der Waals surface area contributed by atoms with Crippen molar-refractivity contribution in [1.29, 1.82) is 0 Å². The highest BCUT2D eigenvalue weighted by Gasteiger charge is 2.21. The summed E-state index contributed by atoms with van der Waals surface area (Å²) in [5.41, 5.74) is 6.56. The second-order valence-electron chi connectivity index (χ2n) is 3.79. The first-order valence-corrected chi connectivity index (χ1v) is 5.10. The summed E-state index contributed by atoms with van der Waals surface area (Å²) < 4.78 is 0. The van der Waals surface area contributed by atoms with Gasteiger partial charge in [0.15, 0.2) is 0 Å². The van der Waals surface area contributed by atoms with E-state index in [0.717, 1.165) is 0 Å². The first kappa shape index (κ1) is 11.5. The van der Waals surface area contributed by atoms with E-state index < -0.39 is 6.10 Å². The maximum atomic E-state index is 9.93. The molecule has 0 aliphatic carbocycles. The van der Waals surface area contributed by atoms with Crippen LogP contribution in [0.1, 0.15) is 25.5 Å². The Labute approximate surface area is 89.7 Å². The third-order valence-electron chi connectivity index (χ3n) is 2.36. The summed E-state index contributed by atoms with van der Waals surface area (Å²) in [6.45, 7) is 3.95. The van der Waals surface area contributed by atoms with Crippen LogP contribution in [0, 0.1) is 5.92 Å². The maximum absolute atomic E-state index is 9.93. The summed E-state index contributed by atoms with van der Waals surface area (Å²) in [5.74, 6) is 0.223. The summed E-state index contributed by atoms with van der Waals surface area (Å²) in [6, 6.07) is 6.95. The normalized spacial score (nSPS) is 15.6. The van der Waals surface area contributed by atoms with E-state index in [1.807, 2.05) is 26.0 Å². The lowest BCUT2D eigenvalue weighted by Crippen LogP contribution is -2.33. The fraction of sp³-hybridized carbons (Fsp3) is 0.455. The highest BCUT2D eigenvalue weighted by atomic mass is 35.5. The predicted molar refractivity (Wildman–Crippen MR) is 59.2 cm³/mol. The van der Waals surface area contributed by atoms with Crippen LogP contribution in [0.3, 0.4) is 0 Å². The molecule has 0 heterocycles. The Morgan fingerprint density at radius 2 is 1.86 bits per heavy atom. The first-order chi connectivity index (χ1) is 6.54. The molecule has 0 unspecified atom stereocenters. The molecule has 0 aliphatic heterocycles. The zero-order valence-corrected chi connectivity index (χ0v) is 9.20. The van der Waals surface area contributed by atoms with Gasteiger partial charge in [-0.1, -0.05) is 43.6 Å². The second kappa shape index (κ2) is 4.78. The molecule has 3 N–H and O–H groups in total. The fourth-order valence-corrected chi connectivity index (χ4v) is 1.53. The van der Waals surface area contributed by atoms with Crippen molar-refractivity contribution in [2.75, 3.05) is 0 Å². The Kier molecular flexibility index (Phi) is 3.93. The van der Waals surface area contributed by atoms with Gasteiger partial charge in [0.2, 0.25) is 0 Å². The number of nitrogens with two attached hydrogens (primary N) is 1. The number of hydrogen-bond donors (Lipinski definition) is 2. The standard InChI is InChI=1S/C11H16ClNO/c1-7(2)10(13)11(14)8-5-3-4-6-9(8)12/h3-7,10-11,14H,13H2,1-2H3/t10-,11-/m1/s1. The average molecular weight is 214 g/mol. The zero-order chi connectivity index (χ0) is 10.7. The SMILES string of the molecule is CC(C)[C@@H](N)[C@H](O)c1ccccc1Cl. The van der Waals surface area contributed by atoms with Crippen molar-refractivity contribution >= 4 is 11.6 Å². The van der Waals surface area contributed by atoms with Gasteiger partial charge in [0.05, 0.1) is 6.10 Å². The zero-order valence-electron chi connectivity index (χ0n) is 8.44. The Hall–Kier alpha value is -0.570. The molecular formula is C11H16ClNO. The topological polar surface area (TPSA) is 46.2 Å². The van der Waals surface area contributed by atoms with Crippen molar-refractivity contribution in [2.24, 2.45) is 11.7 Å². The Morgan fingerprint density at radius 3 is 2.36 bits per heavy atom. The van der Waals surface area contributed by atoms with Crippen LogP contribution in [-0.2, 0) is 0 Å². The van der Waals surface area contributed by atoms with Gasteiger partial charge in [-0.25, -0.2) is 0 Å². The minimum atomic E-state index is -0.691. The molecule has 0 fully saturated rings. The minimum absolute atomic E-state index is 0.223. The maximum Gasteiger partial charge on any atom is 0.0957 e. The van der Waals surface area contributed by atoms with E-state index in [2.05, 4.69) is 0 Å². The third kappa shape index (κ3) is 2.47. The minimum Gasteiger partial charge on any atom is -0.387 e. The van der Waals surface area contributed by atoms with E-state index in [4.69, 9.17) is 17.3 Å². The van der Waals surface area contributed by atoms with Gasteiger partial charge in [-0.05, 0) is 12.0 Å². The van der Waals surface area contributed by atoms with Gasteiger partial charge in [0, 0.05) is 16.6 Å². The highest BCUT2D eigenvalue weighted by Crippen LogP contribution is 2.26. The quantitative estimate of drug-likeness (QED) is 0.810. The molecule has 0 radical (unpaired) electrons. The smallest absolute Gasteiger partial charge is 0.0957 e. The molecule has 14 heavy (non-hydrogen) atoms. The molecule has 0 bridgehead atoms. The summed E-state index contributed by atoms with van der Waals surface area (Å²) >= 11 is 5.95. The molecule has 0 aromatic heterocycles. The molecule has 3 heteroatoms. The van der Waals surface area contributed by atoms with Crippen LogP contribution >= 0.6 is 11.6 Å². The molecule has 2 nitrogen and oxygen atoms in total. The molecule has 0 saturated heterocycles. The van der Waals surface area contributed by atoms with Gasteiger partial charge in [0.1, 0.15) is 0 Å². The Balaban J connectivity index is 2.89. The molecule has 0 aliphatic rings. The molecular weight excluding hydrogens is 198 g/mol. The molecule has 1 aromatic carbocycles. The summed E-state index contributed by atoms with van der Waals surface area (Å²) in [6.07, 6.45) is -0.691. The number of hydrogen-bond acceptors (Lipinski definition) is 2. The summed E-state index contributed by atoms with van der Waals surface area (Å²) in [5, 5.41) is 10.5. The number of aliphatic hydroxyl groups excluding tert-OH is 1.